The second-order valence-corrected chi connectivity index (χ2v) is 12.3. The normalized spacial score (nSPS) is 10.1. The molecular formula is C43H52Cl2SiZr-4. The van der Waals surface area contributed by atoms with Gasteiger partial charge in [-0.15, -0.1) is 92.9 Å². The van der Waals surface area contributed by atoms with E-state index in [2.05, 4.69) is 159 Å². The molecule has 47 heavy (non-hydrogen) atoms. The summed E-state index contributed by atoms with van der Waals surface area (Å²) in [4.78, 5) is 0. The molecular weight excluding hydrogens is 707 g/mol. The molecule has 0 aliphatic rings. The van der Waals surface area contributed by atoms with Crippen LogP contribution in [0.3, 0.4) is 0 Å². The molecule has 0 spiro atoms. The molecule has 2 radical (unpaired) electrons. The molecule has 0 atom stereocenters. The number of fused-ring (bicyclic) bond motifs is 2. The third-order valence-electron chi connectivity index (χ3n) is 8.60. The Bertz CT molecular complexity index is 1810. The molecule has 0 saturated heterocycles. The van der Waals surface area contributed by atoms with E-state index in [0.29, 0.717) is 11.8 Å². The summed E-state index contributed by atoms with van der Waals surface area (Å²) in [6.45, 7) is 20.8. The van der Waals surface area contributed by atoms with Crippen molar-refractivity contribution in [2.24, 2.45) is 0 Å². The molecule has 0 unspecified atom stereocenters. The molecule has 4 heteroatoms. The van der Waals surface area contributed by atoms with E-state index >= 15 is 0 Å². The minimum absolute atomic E-state index is 0. The Morgan fingerprint density at radius 1 is 0.574 bits per heavy atom. The first-order valence-corrected chi connectivity index (χ1v) is 19.7. The van der Waals surface area contributed by atoms with Gasteiger partial charge in [0.2, 0.25) is 0 Å². The Morgan fingerprint density at radius 3 is 1.34 bits per heavy atom. The van der Waals surface area contributed by atoms with E-state index in [0.717, 1.165) is 6.42 Å². The fraction of sp³-hybridized carbons (Fsp3) is 0.256. The Hall–Kier alpha value is -2.22. The Labute approximate surface area is 315 Å². The topological polar surface area (TPSA) is 0 Å². The molecule has 0 aromatic heterocycles. The molecule has 0 heterocycles. The number of hydrogen-bond acceptors (Lipinski definition) is 0. The minimum atomic E-state index is 0. The SMILES string of the molecule is CCc1cc2c(-c3ccc(C(C)C)cc3)ccc(C)c2[cH-]1.Cc1cc2c(-c3ccc(C(C)C)cc3)ccc(C)c2[cH-]1.Cl.Cl.[CH3-].[CH3-].[Si]=[Zr]. The van der Waals surface area contributed by atoms with E-state index in [1.807, 2.05) is 0 Å². The number of halogens is 2. The summed E-state index contributed by atoms with van der Waals surface area (Å²) in [5.41, 5.74) is 13.6. The van der Waals surface area contributed by atoms with Crippen LogP contribution in [0.2, 0.25) is 0 Å². The molecule has 0 N–H and O–H groups in total. The van der Waals surface area contributed by atoms with Crippen molar-refractivity contribution in [1.29, 1.82) is 0 Å². The van der Waals surface area contributed by atoms with Crippen molar-refractivity contribution < 1.29 is 23.3 Å². The summed E-state index contributed by atoms with van der Waals surface area (Å²) in [6.07, 6.45) is 1.10. The maximum atomic E-state index is 3.06. The van der Waals surface area contributed by atoms with Crippen LogP contribution in [0, 0.1) is 35.6 Å². The third kappa shape index (κ3) is 10.4. The van der Waals surface area contributed by atoms with Gasteiger partial charge in [0.25, 0.3) is 0 Å². The molecule has 0 aliphatic carbocycles. The van der Waals surface area contributed by atoms with E-state index in [1.54, 1.807) is 0 Å². The Kier molecular flexibility index (Phi) is 19.4. The summed E-state index contributed by atoms with van der Waals surface area (Å²) in [6, 6.07) is 36.3. The van der Waals surface area contributed by atoms with Crippen LogP contribution < -0.4 is 0 Å². The summed E-state index contributed by atoms with van der Waals surface area (Å²) in [7, 11) is 0. The first-order valence-electron chi connectivity index (χ1n) is 15.5. The van der Waals surface area contributed by atoms with Gasteiger partial charge in [0.15, 0.2) is 0 Å². The van der Waals surface area contributed by atoms with Crippen LogP contribution in [0.5, 0.6) is 0 Å². The molecule has 0 bridgehead atoms. The fourth-order valence-electron chi connectivity index (χ4n) is 5.90. The van der Waals surface area contributed by atoms with Crippen LogP contribution in [0.4, 0.5) is 0 Å². The van der Waals surface area contributed by atoms with Crippen molar-refractivity contribution >= 4 is 53.2 Å². The van der Waals surface area contributed by atoms with E-state index in [4.69, 9.17) is 0 Å². The molecule has 6 aromatic carbocycles. The summed E-state index contributed by atoms with van der Waals surface area (Å²) >= 11 is 1.36. The fourth-order valence-corrected chi connectivity index (χ4v) is 5.90. The van der Waals surface area contributed by atoms with Crippen molar-refractivity contribution in [2.75, 3.05) is 0 Å². The van der Waals surface area contributed by atoms with Crippen molar-refractivity contribution in [3.8, 4) is 22.3 Å². The van der Waals surface area contributed by atoms with Crippen LogP contribution in [0.1, 0.15) is 79.8 Å². The number of hydrogen-bond donors (Lipinski definition) is 0. The van der Waals surface area contributed by atoms with E-state index in [-0.39, 0.29) is 39.7 Å². The predicted molar refractivity (Wildman–Crippen MR) is 215 cm³/mol. The molecule has 0 aliphatic heterocycles. The summed E-state index contributed by atoms with van der Waals surface area (Å²) < 4.78 is 0. The predicted octanol–water partition coefficient (Wildman–Crippen LogP) is 13.5. The zero-order valence-electron chi connectivity index (χ0n) is 29.9. The van der Waals surface area contributed by atoms with Crippen LogP contribution in [-0.4, -0.2) is 6.88 Å². The second-order valence-electron chi connectivity index (χ2n) is 12.3. The molecule has 0 amide bonds. The molecule has 6 rings (SSSR count). The quantitative estimate of drug-likeness (QED) is 0.121. The monoisotopic (exact) mass is 756 g/mol. The van der Waals surface area contributed by atoms with Gasteiger partial charge in [0, 0.05) is 0 Å². The Balaban J connectivity index is 0.000000792. The van der Waals surface area contributed by atoms with Gasteiger partial charge in [0.05, 0.1) is 0 Å². The van der Waals surface area contributed by atoms with E-state index < -0.39 is 0 Å². The molecule has 0 fully saturated rings. The van der Waals surface area contributed by atoms with Gasteiger partial charge in [-0.05, 0) is 40.5 Å². The van der Waals surface area contributed by atoms with Gasteiger partial charge in [-0.1, -0.05) is 127 Å². The van der Waals surface area contributed by atoms with Crippen molar-refractivity contribution in [3.63, 3.8) is 0 Å². The van der Waals surface area contributed by atoms with Crippen molar-refractivity contribution in [3.05, 3.63) is 145 Å². The standard InChI is InChI=1S/C21H23.C20H21.2CH3.2ClH.Si.Zr/c1-5-16-12-20-15(4)6-11-19(21(20)13-16)18-9-7-17(8-10-18)14(2)3;1-13(2)16-6-8-17(9-7-16)18-10-5-15(4)19-11-14(3)12-20(18)19;;;;;;/h6-14H,5H2,1-4H3;5-13H,1-4H3;2*1H3;2*1H;;/q4*-1;;;;. The average Bonchev–Trinajstić information content (AvgIpc) is 3.64. The Morgan fingerprint density at radius 2 is 0.957 bits per heavy atom. The number of aryl methyl sites for hydroxylation is 4. The van der Waals surface area contributed by atoms with Crippen LogP contribution in [0.25, 0.3) is 43.8 Å². The summed E-state index contributed by atoms with van der Waals surface area (Å²) in [5.74, 6) is 1.17. The average molecular weight is 759 g/mol. The number of rotatable bonds is 5. The van der Waals surface area contributed by atoms with E-state index in [1.165, 1.54) is 101 Å². The van der Waals surface area contributed by atoms with Gasteiger partial charge < -0.3 is 14.9 Å². The third-order valence-corrected chi connectivity index (χ3v) is 8.60. The molecule has 0 nitrogen and oxygen atoms in total. The van der Waals surface area contributed by atoms with E-state index in [9.17, 15) is 0 Å². The molecule has 6 aromatic rings. The van der Waals surface area contributed by atoms with Crippen LogP contribution in [0.15, 0.2) is 97.1 Å². The van der Waals surface area contributed by atoms with Gasteiger partial charge in [-0.25, -0.2) is 0 Å². The second kappa shape index (κ2) is 20.3. The molecule has 0 saturated carbocycles. The summed E-state index contributed by atoms with van der Waals surface area (Å²) in [5, 5.41) is 5.55. The molecule has 250 valence electrons. The van der Waals surface area contributed by atoms with Gasteiger partial charge >= 0.3 is 30.2 Å². The van der Waals surface area contributed by atoms with Gasteiger partial charge in [0.1, 0.15) is 0 Å². The van der Waals surface area contributed by atoms with Gasteiger partial charge in [-0.2, -0.15) is 12.1 Å². The maximum absolute atomic E-state index is 3.06. The van der Waals surface area contributed by atoms with Crippen LogP contribution in [-0.2, 0) is 29.8 Å². The van der Waals surface area contributed by atoms with Gasteiger partial charge in [-0.3, -0.25) is 0 Å². The van der Waals surface area contributed by atoms with Crippen LogP contribution >= 0.6 is 24.8 Å². The number of benzene rings is 4. The zero-order valence-corrected chi connectivity index (χ0v) is 35.0. The first-order chi connectivity index (χ1) is 20.7. The van der Waals surface area contributed by atoms with Crippen molar-refractivity contribution in [2.45, 2.75) is 73.6 Å². The first kappa shape index (κ1) is 44.8. The van der Waals surface area contributed by atoms with Crippen molar-refractivity contribution in [1.82, 2.24) is 0 Å². The zero-order chi connectivity index (χ0) is 31.3.